The minimum absolute atomic E-state index is 0.489. The van der Waals surface area contributed by atoms with E-state index in [2.05, 4.69) is 13.8 Å². The lowest BCUT2D eigenvalue weighted by Crippen LogP contribution is -2.19. The third-order valence-corrected chi connectivity index (χ3v) is 5.17. The third-order valence-electron chi connectivity index (χ3n) is 5.17. The minimum Gasteiger partial charge on any atom is -0.328 e. The zero-order valence-corrected chi connectivity index (χ0v) is 13.5. The van der Waals surface area contributed by atoms with Crippen molar-refractivity contribution in [3.8, 4) is 0 Å². The van der Waals surface area contributed by atoms with Gasteiger partial charge in [0.05, 0.1) is 0 Å². The van der Waals surface area contributed by atoms with Crippen molar-refractivity contribution < 1.29 is 0 Å². The molecule has 2 N–H and O–H groups in total. The van der Waals surface area contributed by atoms with E-state index >= 15 is 0 Å². The molecule has 0 heterocycles. The van der Waals surface area contributed by atoms with Crippen molar-refractivity contribution in [2.45, 2.75) is 103 Å². The average Bonchev–Trinajstić information content (AvgIpc) is 2.51. The van der Waals surface area contributed by atoms with Gasteiger partial charge in [-0.3, -0.25) is 0 Å². The molecule has 0 spiro atoms. The van der Waals surface area contributed by atoms with E-state index in [0.717, 1.165) is 11.8 Å². The van der Waals surface area contributed by atoms with Crippen molar-refractivity contribution >= 4 is 0 Å². The average molecular weight is 268 g/mol. The van der Waals surface area contributed by atoms with Crippen molar-refractivity contribution in [1.82, 2.24) is 0 Å². The molecule has 114 valence electrons. The summed E-state index contributed by atoms with van der Waals surface area (Å²) in [7, 11) is 0. The molecule has 1 rings (SSSR count). The lowest BCUT2D eigenvalue weighted by molar-refractivity contribution is 0.255. The summed E-state index contributed by atoms with van der Waals surface area (Å²) in [6.07, 6.45) is 18.2. The van der Waals surface area contributed by atoms with Crippen molar-refractivity contribution in [3.05, 3.63) is 0 Å². The number of rotatable bonds is 7. The van der Waals surface area contributed by atoms with Crippen LogP contribution in [-0.4, -0.2) is 6.04 Å². The predicted octanol–water partition coefficient (Wildman–Crippen LogP) is 5.67. The first kappa shape index (κ1) is 17.0. The normalized spacial score (nSPS) is 27.3. The Kier molecular flexibility index (Phi) is 9.59. The SMILES string of the molecule is CCCCCC[C@@H](CC)C1CCCCC(N)CCC1. The summed E-state index contributed by atoms with van der Waals surface area (Å²) >= 11 is 0. The summed E-state index contributed by atoms with van der Waals surface area (Å²) < 4.78 is 0. The van der Waals surface area contributed by atoms with E-state index < -0.39 is 0 Å². The summed E-state index contributed by atoms with van der Waals surface area (Å²) in [5.74, 6) is 1.99. The molecule has 0 amide bonds. The lowest BCUT2D eigenvalue weighted by atomic mass is 9.80. The molecule has 1 fully saturated rings. The first-order chi connectivity index (χ1) is 9.27. The van der Waals surface area contributed by atoms with Crippen molar-refractivity contribution in [2.24, 2.45) is 17.6 Å². The van der Waals surface area contributed by atoms with Gasteiger partial charge in [0.1, 0.15) is 0 Å². The van der Waals surface area contributed by atoms with Gasteiger partial charge in [0.15, 0.2) is 0 Å². The summed E-state index contributed by atoms with van der Waals surface area (Å²) in [5.41, 5.74) is 6.14. The Morgan fingerprint density at radius 2 is 1.58 bits per heavy atom. The monoisotopic (exact) mass is 267 g/mol. The maximum atomic E-state index is 6.14. The topological polar surface area (TPSA) is 26.0 Å². The van der Waals surface area contributed by atoms with Gasteiger partial charge < -0.3 is 5.73 Å². The van der Waals surface area contributed by atoms with Crippen LogP contribution in [0.1, 0.15) is 97.3 Å². The Morgan fingerprint density at radius 1 is 0.895 bits per heavy atom. The highest BCUT2D eigenvalue weighted by Crippen LogP contribution is 2.32. The van der Waals surface area contributed by atoms with Crippen LogP contribution in [0.4, 0.5) is 0 Å². The van der Waals surface area contributed by atoms with Crippen molar-refractivity contribution in [3.63, 3.8) is 0 Å². The standard InChI is InChI=1S/C18H37N/c1-3-5-6-7-11-16(4-2)17-12-8-9-14-18(19)15-10-13-17/h16-18H,3-15,19H2,1-2H3/t16-,17?,18?/m1/s1. The van der Waals surface area contributed by atoms with Crippen LogP contribution in [0.25, 0.3) is 0 Å². The third kappa shape index (κ3) is 7.34. The van der Waals surface area contributed by atoms with Crippen LogP contribution < -0.4 is 5.73 Å². The molecule has 1 heteroatoms. The van der Waals surface area contributed by atoms with Crippen LogP contribution in [0.3, 0.4) is 0 Å². The van der Waals surface area contributed by atoms with Gasteiger partial charge in [-0.05, 0) is 24.7 Å². The second-order valence-corrected chi connectivity index (χ2v) is 6.75. The predicted molar refractivity (Wildman–Crippen MR) is 86.3 cm³/mol. The first-order valence-electron chi connectivity index (χ1n) is 9.03. The van der Waals surface area contributed by atoms with Crippen LogP contribution >= 0.6 is 0 Å². The first-order valence-corrected chi connectivity index (χ1v) is 9.03. The molecular weight excluding hydrogens is 230 g/mol. The Balaban J connectivity index is 2.34. The van der Waals surface area contributed by atoms with Gasteiger partial charge in [0, 0.05) is 6.04 Å². The summed E-state index contributed by atoms with van der Waals surface area (Å²) in [6, 6.07) is 0.489. The molecule has 1 saturated carbocycles. The Labute approximate surface area is 121 Å². The van der Waals surface area contributed by atoms with E-state index in [-0.39, 0.29) is 0 Å². The van der Waals surface area contributed by atoms with E-state index in [9.17, 15) is 0 Å². The van der Waals surface area contributed by atoms with Gasteiger partial charge >= 0.3 is 0 Å². The van der Waals surface area contributed by atoms with Crippen LogP contribution in [0.2, 0.25) is 0 Å². The van der Waals surface area contributed by atoms with E-state index in [0.29, 0.717) is 6.04 Å². The molecule has 1 aliphatic rings. The molecule has 19 heavy (non-hydrogen) atoms. The molecule has 1 nitrogen and oxygen atoms in total. The van der Waals surface area contributed by atoms with Gasteiger partial charge in [0.2, 0.25) is 0 Å². The van der Waals surface area contributed by atoms with Gasteiger partial charge in [-0.2, -0.15) is 0 Å². The van der Waals surface area contributed by atoms with Crippen LogP contribution in [-0.2, 0) is 0 Å². The number of nitrogens with two attached hydrogens (primary N) is 1. The maximum absolute atomic E-state index is 6.14. The lowest BCUT2D eigenvalue weighted by Gasteiger charge is -2.26. The van der Waals surface area contributed by atoms with Crippen LogP contribution in [0, 0.1) is 11.8 Å². The second-order valence-electron chi connectivity index (χ2n) is 6.75. The zero-order valence-electron chi connectivity index (χ0n) is 13.5. The zero-order chi connectivity index (χ0) is 13.9. The van der Waals surface area contributed by atoms with E-state index in [4.69, 9.17) is 5.73 Å². The molecule has 0 bridgehead atoms. The Bertz CT molecular complexity index is 202. The maximum Gasteiger partial charge on any atom is 0.00388 e. The molecule has 0 radical (unpaired) electrons. The van der Waals surface area contributed by atoms with Gasteiger partial charge in [-0.15, -0.1) is 0 Å². The van der Waals surface area contributed by atoms with Gasteiger partial charge in [0.25, 0.3) is 0 Å². The highest BCUT2D eigenvalue weighted by molar-refractivity contribution is 4.74. The fourth-order valence-corrected chi connectivity index (χ4v) is 3.82. The largest absolute Gasteiger partial charge is 0.328 e. The fourth-order valence-electron chi connectivity index (χ4n) is 3.82. The fraction of sp³-hybridized carbons (Fsp3) is 1.00. The van der Waals surface area contributed by atoms with Gasteiger partial charge in [-0.25, -0.2) is 0 Å². The second kappa shape index (κ2) is 10.7. The molecular formula is C18H37N. The van der Waals surface area contributed by atoms with E-state index in [1.165, 1.54) is 83.5 Å². The van der Waals surface area contributed by atoms with Crippen LogP contribution in [0.15, 0.2) is 0 Å². The van der Waals surface area contributed by atoms with Crippen molar-refractivity contribution in [1.29, 1.82) is 0 Å². The molecule has 0 aliphatic heterocycles. The van der Waals surface area contributed by atoms with E-state index in [1.54, 1.807) is 0 Å². The molecule has 0 aromatic rings. The van der Waals surface area contributed by atoms with Crippen LogP contribution in [0.5, 0.6) is 0 Å². The molecule has 3 atom stereocenters. The number of hydrogen-bond acceptors (Lipinski definition) is 1. The quantitative estimate of drug-likeness (QED) is 0.591. The summed E-state index contributed by atoms with van der Waals surface area (Å²) in [6.45, 7) is 4.71. The highest BCUT2D eigenvalue weighted by atomic mass is 14.6. The van der Waals surface area contributed by atoms with Gasteiger partial charge in [-0.1, -0.05) is 84.5 Å². The van der Waals surface area contributed by atoms with E-state index in [1.807, 2.05) is 0 Å². The highest BCUT2D eigenvalue weighted by Gasteiger charge is 2.20. The molecule has 2 unspecified atom stereocenters. The smallest absolute Gasteiger partial charge is 0.00388 e. The molecule has 0 aromatic carbocycles. The Morgan fingerprint density at radius 3 is 2.32 bits per heavy atom. The molecule has 1 aliphatic carbocycles. The minimum atomic E-state index is 0.489. The summed E-state index contributed by atoms with van der Waals surface area (Å²) in [4.78, 5) is 0. The summed E-state index contributed by atoms with van der Waals surface area (Å²) in [5, 5.41) is 0. The molecule has 0 saturated heterocycles. The number of unbranched alkanes of at least 4 members (excludes halogenated alkanes) is 3. The number of hydrogen-bond donors (Lipinski definition) is 1. The Hall–Kier alpha value is -0.0400. The molecule has 0 aromatic heterocycles. The van der Waals surface area contributed by atoms with Crippen molar-refractivity contribution in [2.75, 3.05) is 0 Å².